The number of carbonyl (C=O) groups excluding carboxylic acids is 1. The van der Waals surface area contributed by atoms with Crippen LogP contribution in [-0.2, 0) is 0 Å². The van der Waals surface area contributed by atoms with Crippen LogP contribution in [0.3, 0.4) is 0 Å². The Balaban J connectivity index is 2.15. The highest BCUT2D eigenvalue weighted by atomic mass is 19.1. The molecule has 0 aliphatic carbocycles. The molecule has 2 aromatic rings. The summed E-state index contributed by atoms with van der Waals surface area (Å²) in [6.07, 6.45) is -0.894. The monoisotopic (exact) mass is 276 g/mol. The van der Waals surface area contributed by atoms with E-state index in [0.29, 0.717) is 5.56 Å². The summed E-state index contributed by atoms with van der Waals surface area (Å²) in [5.41, 5.74) is 1.51. The molecule has 0 radical (unpaired) electrons. The van der Waals surface area contributed by atoms with E-state index in [9.17, 15) is 13.6 Å². The van der Waals surface area contributed by atoms with Crippen molar-refractivity contribution < 1.29 is 18.3 Å². The topological polar surface area (TPSA) is 26.3 Å². The van der Waals surface area contributed by atoms with Crippen LogP contribution in [0, 0.1) is 18.6 Å². The summed E-state index contributed by atoms with van der Waals surface area (Å²) in [5, 5.41) is 0. The Labute approximate surface area is 116 Å². The summed E-state index contributed by atoms with van der Waals surface area (Å²) in [4.78, 5) is 12.1. The third kappa shape index (κ3) is 3.20. The zero-order chi connectivity index (χ0) is 14.7. The molecule has 0 N–H and O–H groups in total. The van der Waals surface area contributed by atoms with Gasteiger partial charge in [0.25, 0.3) is 0 Å². The number of ketones is 1. The number of rotatable bonds is 4. The highest BCUT2D eigenvalue weighted by Crippen LogP contribution is 2.20. The lowest BCUT2D eigenvalue weighted by Gasteiger charge is -2.14. The number of aryl methyl sites for hydroxylation is 1. The predicted molar refractivity (Wildman–Crippen MR) is 72.0 cm³/mol. The number of ether oxygens (including phenoxy) is 1. The van der Waals surface area contributed by atoms with Gasteiger partial charge in [-0.15, -0.1) is 0 Å². The number of hydrogen-bond acceptors (Lipinski definition) is 2. The Kier molecular flexibility index (Phi) is 4.13. The molecule has 0 saturated carbocycles. The Morgan fingerprint density at radius 2 is 1.75 bits per heavy atom. The van der Waals surface area contributed by atoms with Crippen LogP contribution in [0.4, 0.5) is 8.78 Å². The second kappa shape index (κ2) is 5.82. The summed E-state index contributed by atoms with van der Waals surface area (Å²) in [6.45, 7) is 3.42. The van der Waals surface area contributed by atoms with Gasteiger partial charge in [0.15, 0.2) is 17.7 Å². The third-order valence-corrected chi connectivity index (χ3v) is 2.90. The normalized spacial score (nSPS) is 12.0. The Morgan fingerprint density at radius 3 is 2.40 bits per heavy atom. The average Bonchev–Trinajstić information content (AvgIpc) is 2.43. The second-order valence-corrected chi connectivity index (χ2v) is 4.57. The fraction of sp³-hybridized carbons (Fsp3) is 0.188. The minimum absolute atomic E-state index is 0.266. The summed E-state index contributed by atoms with van der Waals surface area (Å²) in [6, 6.07) is 9.86. The lowest BCUT2D eigenvalue weighted by molar-refractivity contribution is 0.0811. The molecule has 0 spiro atoms. The maximum atomic E-state index is 13.4. The average molecular weight is 276 g/mol. The molecule has 0 saturated heterocycles. The van der Waals surface area contributed by atoms with Crippen molar-refractivity contribution in [3.05, 3.63) is 65.2 Å². The Hall–Kier alpha value is -2.23. The molecule has 0 amide bonds. The Bertz CT molecular complexity index is 621. The quantitative estimate of drug-likeness (QED) is 0.791. The van der Waals surface area contributed by atoms with Crippen molar-refractivity contribution in [1.29, 1.82) is 0 Å². The minimum Gasteiger partial charge on any atom is -0.479 e. The largest absolute Gasteiger partial charge is 0.479 e. The minimum atomic E-state index is -0.894. The molecule has 1 atom stereocenters. The molecule has 2 nitrogen and oxygen atoms in total. The number of halogens is 2. The molecule has 4 heteroatoms. The van der Waals surface area contributed by atoms with Gasteiger partial charge in [0, 0.05) is 11.6 Å². The van der Waals surface area contributed by atoms with E-state index in [0.717, 1.165) is 23.8 Å². The van der Waals surface area contributed by atoms with Crippen molar-refractivity contribution in [3.8, 4) is 5.75 Å². The molecular weight excluding hydrogens is 262 g/mol. The number of hydrogen-bond donors (Lipinski definition) is 0. The van der Waals surface area contributed by atoms with Crippen molar-refractivity contribution in [3.63, 3.8) is 0 Å². The van der Waals surface area contributed by atoms with Crippen LogP contribution < -0.4 is 4.74 Å². The molecule has 2 rings (SSSR count). The lowest BCUT2D eigenvalue weighted by Crippen LogP contribution is -2.24. The fourth-order valence-electron chi connectivity index (χ4n) is 1.76. The summed E-state index contributed by atoms with van der Waals surface area (Å²) in [7, 11) is 0. The van der Waals surface area contributed by atoms with Gasteiger partial charge in [-0.25, -0.2) is 8.78 Å². The van der Waals surface area contributed by atoms with Crippen molar-refractivity contribution in [2.45, 2.75) is 20.0 Å². The van der Waals surface area contributed by atoms with Crippen molar-refractivity contribution in [2.75, 3.05) is 0 Å². The predicted octanol–water partition coefficient (Wildman–Crippen LogP) is 3.92. The standard InChI is InChI=1S/C16H14F2O2/c1-10-3-5-12(6-4-10)16(19)11(2)20-15-9-13(17)7-8-14(15)18/h3-9,11H,1-2H3. The first-order valence-corrected chi connectivity index (χ1v) is 6.20. The molecule has 104 valence electrons. The van der Waals surface area contributed by atoms with E-state index in [2.05, 4.69) is 0 Å². The van der Waals surface area contributed by atoms with Crippen LogP contribution in [-0.4, -0.2) is 11.9 Å². The number of carbonyl (C=O) groups is 1. The molecule has 20 heavy (non-hydrogen) atoms. The van der Waals surface area contributed by atoms with E-state index < -0.39 is 17.7 Å². The smallest absolute Gasteiger partial charge is 0.202 e. The van der Waals surface area contributed by atoms with Crippen LogP contribution in [0.5, 0.6) is 5.75 Å². The highest BCUT2D eigenvalue weighted by molar-refractivity contribution is 5.99. The maximum absolute atomic E-state index is 13.4. The van der Waals surface area contributed by atoms with Gasteiger partial charge in [-0.05, 0) is 26.0 Å². The highest BCUT2D eigenvalue weighted by Gasteiger charge is 2.18. The van der Waals surface area contributed by atoms with Crippen LogP contribution in [0.1, 0.15) is 22.8 Å². The molecule has 2 aromatic carbocycles. The van der Waals surface area contributed by atoms with Gasteiger partial charge in [-0.2, -0.15) is 0 Å². The number of benzene rings is 2. The zero-order valence-electron chi connectivity index (χ0n) is 11.2. The first-order chi connectivity index (χ1) is 9.47. The summed E-state index contributed by atoms with van der Waals surface area (Å²) >= 11 is 0. The van der Waals surface area contributed by atoms with Gasteiger partial charge in [0.05, 0.1) is 0 Å². The van der Waals surface area contributed by atoms with Gasteiger partial charge in [-0.3, -0.25) is 4.79 Å². The van der Waals surface area contributed by atoms with E-state index in [1.54, 1.807) is 12.1 Å². The molecular formula is C16H14F2O2. The van der Waals surface area contributed by atoms with Crippen molar-refractivity contribution in [2.24, 2.45) is 0 Å². The third-order valence-electron chi connectivity index (χ3n) is 2.90. The van der Waals surface area contributed by atoms with Crippen LogP contribution in [0.2, 0.25) is 0 Å². The first kappa shape index (κ1) is 14.2. The van der Waals surface area contributed by atoms with Crippen molar-refractivity contribution >= 4 is 5.78 Å². The van der Waals surface area contributed by atoms with Gasteiger partial charge >= 0.3 is 0 Å². The van der Waals surface area contributed by atoms with Crippen LogP contribution in [0.25, 0.3) is 0 Å². The van der Waals surface area contributed by atoms with E-state index in [1.165, 1.54) is 6.92 Å². The zero-order valence-corrected chi connectivity index (χ0v) is 11.2. The molecule has 0 aliphatic heterocycles. The first-order valence-electron chi connectivity index (χ1n) is 6.20. The molecule has 0 heterocycles. The molecule has 0 aliphatic rings. The van der Waals surface area contributed by atoms with Gasteiger partial charge in [0.2, 0.25) is 5.78 Å². The van der Waals surface area contributed by atoms with E-state index >= 15 is 0 Å². The second-order valence-electron chi connectivity index (χ2n) is 4.57. The summed E-state index contributed by atoms with van der Waals surface area (Å²) < 4.78 is 31.7. The van der Waals surface area contributed by atoms with Crippen molar-refractivity contribution in [1.82, 2.24) is 0 Å². The molecule has 0 bridgehead atoms. The van der Waals surface area contributed by atoms with Gasteiger partial charge < -0.3 is 4.74 Å². The van der Waals surface area contributed by atoms with Crippen LogP contribution in [0.15, 0.2) is 42.5 Å². The van der Waals surface area contributed by atoms with Gasteiger partial charge in [-0.1, -0.05) is 29.8 Å². The van der Waals surface area contributed by atoms with E-state index in [-0.39, 0.29) is 11.5 Å². The molecule has 0 aromatic heterocycles. The Morgan fingerprint density at radius 1 is 1.10 bits per heavy atom. The van der Waals surface area contributed by atoms with E-state index in [4.69, 9.17) is 4.74 Å². The maximum Gasteiger partial charge on any atom is 0.202 e. The summed E-state index contributed by atoms with van der Waals surface area (Å²) in [5.74, 6) is -1.86. The molecule has 0 fully saturated rings. The SMILES string of the molecule is Cc1ccc(C(=O)C(C)Oc2cc(F)ccc2F)cc1. The fourth-order valence-corrected chi connectivity index (χ4v) is 1.76. The van der Waals surface area contributed by atoms with E-state index in [1.807, 2.05) is 19.1 Å². The number of Topliss-reactive ketones (excluding diaryl/α,β-unsaturated/α-hetero) is 1. The molecule has 1 unspecified atom stereocenters. The lowest BCUT2D eigenvalue weighted by atomic mass is 10.1. The van der Waals surface area contributed by atoms with Gasteiger partial charge in [0.1, 0.15) is 5.82 Å². The van der Waals surface area contributed by atoms with Crippen LogP contribution >= 0.6 is 0 Å².